The van der Waals surface area contributed by atoms with Gasteiger partial charge in [-0.05, 0) is 31.4 Å². The maximum atomic E-state index is 6.36. The lowest BCUT2D eigenvalue weighted by atomic mass is 9.84. The Bertz CT molecular complexity index is 330. The predicted octanol–water partition coefficient (Wildman–Crippen LogP) is 3.03. The molecular weight excluding hydrogens is 220 g/mol. The van der Waals surface area contributed by atoms with Gasteiger partial charge in [0.25, 0.3) is 0 Å². The van der Waals surface area contributed by atoms with Crippen molar-refractivity contribution in [1.82, 2.24) is 4.90 Å². The first kappa shape index (κ1) is 13.6. The van der Waals surface area contributed by atoms with Crippen LogP contribution in [0.2, 0.25) is 0 Å². The Hall–Kier alpha value is -0.860. The molecule has 0 amide bonds. The summed E-state index contributed by atoms with van der Waals surface area (Å²) < 4.78 is 0. The Kier molecular flexibility index (Phi) is 5.21. The molecule has 0 aromatic heterocycles. The van der Waals surface area contributed by atoms with Crippen LogP contribution in [0.15, 0.2) is 30.3 Å². The van der Waals surface area contributed by atoms with Crippen LogP contribution in [-0.2, 0) is 6.54 Å². The zero-order chi connectivity index (χ0) is 12.8. The molecule has 1 aliphatic rings. The van der Waals surface area contributed by atoms with Gasteiger partial charge in [0.05, 0.1) is 0 Å². The highest BCUT2D eigenvalue weighted by Crippen LogP contribution is 2.25. The van der Waals surface area contributed by atoms with E-state index >= 15 is 0 Å². The molecular formula is C16H26N2. The molecule has 100 valence electrons. The van der Waals surface area contributed by atoms with Crippen molar-refractivity contribution in [3.63, 3.8) is 0 Å². The summed E-state index contributed by atoms with van der Waals surface area (Å²) in [6, 6.07) is 11.0. The number of likely N-dealkylation sites (N-methyl/N-ethyl adjacent to an activating group) is 1. The average Bonchev–Trinajstić information content (AvgIpc) is 2.40. The number of rotatable bonds is 5. The molecule has 1 unspecified atom stereocenters. The van der Waals surface area contributed by atoms with Crippen LogP contribution in [0.25, 0.3) is 0 Å². The van der Waals surface area contributed by atoms with Crippen LogP contribution in [0.4, 0.5) is 0 Å². The molecule has 1 aromatic rings. The van der Waals surface area contributed by atoms with Crippen molar-refractivity contribution >= 4 is 0 Å². The molecule has 0 saturated heterocycles. The second-order valence-electron chi connectivity index (χ2n) is 5.74. The van der Waals surface area contributed by atoms with Gasteiger partial charge in [-0.3, -0.25) is 0 Å². The first-order chi connectivity index (χ1) is 8.75. The van der Waals surface area contributed by atoms with Gasteiger partial charge in [-0.25, -0.2) is 0 Å². The molecule has 2 rings (SSSR count). The van der Waals surface area contributed by atoms with Crippen LogP contribution in [0.1, 0.15) is 37.7 Å². The summed E-state index contributed by atoms with van der Waals surface area (Å²) in [5.41, 5.74) is 7.73. The Morgan fingerprint density at radius 3 is 2.50 bits per heavy atom. The topological polar surface area (TPSA) is 29.3 Å². The van der Waals surface area contributed by atoms with Gasteiger partial charge >= 0.3 is 0 Å². The summed E-state index contributed by atoms with van der Waals surface area (Å²) in [6.45, 7) is 2.01. The largest absolute Gasteiger partial charge is 0.326 e. The third-order valence-electron chi connectivity index (χ3n) is 4.07. The Morgan fingerprint density at radius 2 is 1.83 bits per heavy atom. The number of nitrogens with zero attached hydrogens (tertiary/aromatic N) is 1. The second-order valence-corrected chi connectivity index (χ2v) is 5.74. The van der Waals surface area contributed by atoms with Crippen molar-refractivity contribution in [3.8, 4) is 0 Å². The van der Waals surface area contributed by atoms with Gasteiger partial charge in [0.15, 0.2) is 0 Å². The lowest BCUT2D eigenvalue weighted by Crippen LogP contribution is -2.41. The van der Waals surface area contributed by atoms with Crippen LogP contribution in [0.5, 0.6) is 0 Å². The van der Waals surface area contributed by atoms with Gasteiger partial charge < -0.3 is 10.6 Å². The molecule has 1 fully saturated rings. The fourth-order valence-corrected chi connectivity index (χ4v) is 3.03. The smallest absolute Gasteiger partial charge is 0.0231 e. The standard InChI is InChI=1S/C16H26N2/c1-18(12-14-8-4-2-5-9-14)13-16(17)15-10-6-3-7-11-15/h2,4-5,8-9,15-16H,3,6-7,10-13,17H2,1H3. The first-order valence-corrected chi connectivity index (χ1v) is 7.24. The van der Waals surface area contributed by atoms with E-state index < -0.39 is 0 Å². The molecule has 0 spiro atoms. The summed E-state index contributed by atoms with van der Waals surface area (Å²) in [4.78, 5) is 2.36. The molecule has 2 N–H and O–H groups in total. The van der Waals surface area contributed by atoms with E-state index in [9.17, 15) is 0 Å². The van der Waals surface area contributed by atoms with E-state index in [1.165, 1.54) is 37.7 Å². The van der Waals surface area contributed by atoms with E-state index in [1.54, 1.807) is 0 Å². The van der Waals surface area contributed by atoms with Gasteiger partial charge in [0, 0.05) is 19.1 Å². The third kappa shape index (κ3) is 4.11. The van der Waals surface area contributed by atoms with Crippen LogP contribution < -0.4 is 5.73 Å². The van der Waals surface area contributed by atoms with Crippen LogP contribution in [0.3, 0.4) is 0 Å². The normalized spacial score (nSPS) is 19.1. The quantitative estimate of drug-likeness (QED) is 0.865. The Morgan fingerprint density at radius 1 is 1.17 bits per heavy atom. The van der Waals surface area contributed by atoms with E-state index in [4.69, 9.17) is 5.73 Å². The van der Waals surface area contributed by atoms with Crippen molar-refractivity contribution in [2.24, 2.45) is 11.7 Å². The summed E-state index contributed by atoms with van der Waals surface area (Å²) in [5, 5.41) is 0. The van der Waals surface area contributed by atoms with Crippen LogP contribution >= 0.6 is 0 Å². The maximum absolute atomic E-state index is 6.36. The summed E-state index contributed by atoms with van der Waals surface area (Å²) >= 11 is 0. The lowest BCUT2D eigenvalue weighted by Gasteiger charge is -2.30. The van der Waals surface area contributed by atoms with Crippen molar-refractivity contribution in [3.05, 3.63) is 35.9 Å². The number of hydrogen-bond donors (Lipinski definition) is 1. The number of nitrogens with two attached hydrogens (primary N) is 1. The van der Waals surface area contributed by atoms with Gasteiger partial charge in [-0.2, -0.15) is 0 Å². The highest BCUT2D eigenvalue weighted by molar-refractivity contribution is 5.14. The van der Waals surface area contributed by atoms with Crippen LogP contribution in [0, 0.1) is 5.92 Å². The molecule has 1 atom stereocenters. The van der Waals surface area contributed by atoms with E-state index in [0.717, 1.165) is 19.0 Å². The molecule has 0 radical (unpaired) electrons. The molecule has 18 heavy (non-hydrogen) atoms. The monoisotopic (exact) mass is 246 g/mol. The zero-order valence-corrected chi connectivity index (χ0v) is 11.5. The van der Waals surface area contributed by atoms with E-state index in [-0.39, 0.29) is 0 Å². The summed E-state index contributed by atoms with van der Waals surface area (Å²) in [6.07, 6.45) is 6.82. The van der Waals surface area contributed by atoms with Crippen molar-refractivity contribution in [1.29, 1.82) is 0 Å². The molecule has 0 bridgehead atoms. The minimum absolute atomic E-state index is 0.346. The van der Waals surface area contributed by atoms with Crippen molar-refractivity contribution < 1.29 is 0 Å². The predicted molar refractivity (Wildman–Crippen MR) is 77.3 cm³/mol. The summed E-state index contributed by atoms with van der Waals surface area (Å²) in [7, 11) is 2.18. The third-order valence-corrected chi connectivity index (χ3v) is 4.07. The van der Waals surface area contributed by atoms with E-state index in [2.05, 4.69) is 42.3 Å². The Labute approximate surface area is 111 Å². The van der Waals surface area contributed by atoms with Crippen LogP contribution in [-0.4, -0.2) is 24.5 Å². The van der Waals surface area contributed by atoms with Gasteiger partial charge in [0.2, 0.25) is 0 Å². The van der Waals surface area contributed by atoms with Gasteiger partial charge in [-0.15, -0.1) is 0 Å². The number of hydrogen-bond acceptors (Lipinski definition) is 2. The molecule has 1 saturated carbocycles. The summed E-state index contributed by atoms with van der Waals surface area (Å²) in [5.74, 6) is 0.747. The molecule has 2 heteroatoms. The molecule has 0 heterocycles. The second kappa shape index (κ2) is 6.91. The lowest BCUT2D eigenvalue weighted by molar-refractivity contribution is 0.229. The molecule has 0 aliphatic heterocycles. The first-order valence-electron chi connectivity index (χ1n) is 7.24. The fraction of sp³-hybridized carbons (Fsp3) is 0.625. The van der Waals surface area contributed by atoms with E-state index in [1.807, 2.05) is 0 Å². The minimum Gasteiger partial charge on any atom is -0.326 e. The Balaban J connectivity index is 1.77. The highest BCUT2D eigenvalue weighted by atomic mass is 15.1. The molecule has 1 aromatic carbocycles. The van der Waals surface area contributed by atoms with Crippen molar-refractivity contribution in [2.75, 3.05) is 13.6 Å². The fourth-order valence-electron chi connectivity index (χ4n) is 3.03. The molecule has 2 nitrogen and oxygen atoms in total. The van der Waals surface area contributed by atoms with Gasteiger partial charge in [-0.1, -0.05) is 49.6 Å². The van der Waals surface area contributed by atoms with E-state index in [0.29, 0.717) is 6.04 Å². The minimum atomic E-state index is 0.346. The molecule has 1 aliphatic carbocycles. The average molecular weight is 246 g/mol. The maximum Gasteiger partial charge on any atom is 0.0231 e. The van der Waals surface area contributed by atoms with Crippen molar-refractivity contribution in [2.45, 2.75) is 44.7 Å². The van der Waals surface area contributed by atoms with Gasteiger partial charge in [0.1, 0.15) is 0 Å². The highest BCUT2D eigenvalue weighted by Gasteiger charge is 2.21. The number of benzene rings is 1. The zero-order valence-electron chi connectivity index (χ0n) is 11.5. The SMILES string of the molecule is CN(Cc1ccccc1)CC(N)C1CCCCC1.